The van der Waals surface area contributed by atoms with E-state index in [-0.39, 0.29) is 19.4 Å². The predicted molar refractivity (Wildman–Crippen MR) is 105 cm³/mol. The molecular formula is C22H28O6. The van der Waals surface area contributed by atoms with E-state index in [0.29, 0.717) is 12.8 Å². The van der Waals surface area contributed by atoms with E-state index in [2.05, 4.69) is 18.8 Å². The molecule has 0 aliphatic heterocycles. The van der Waals surface area contributed by atoms with Crippen molar-refractivity contribution in [3.8, 4) is 11.8 Å². The second kappa shape index (κ2) is 12.6. The number of hydrogen-bond donors (Lipinski definition) is 2. The second-order valence-corrected chi connectivity index (χ2v) is 6.60. The Kier molecular flexibility index (Phi) is 10.4. The molecule has 0 aromatic heterocycles. The number of carbonyl (C=O) groups excluding carboxylic acids is 1. The molecule has 0 fully saturated rings. The molecule has 0 saturated heterocycles. The molecule has 1 aromatic carbocycles. The molecule has 0 atom stereocenters. The van der Waals surface area contributed by atoms with Crippen molar-refractivity contribution in [2.24, 2.45) is 5.41 Å². The highest BCUT2D eigenvalue weighted by molar-refractivity contribution is 6.16. The Balaban J connectivity index is 2.64. The molecule has 1 aromatic rings. The van der Waals surface area contributed by atoms with Gasteiger partial charge in [-0.25, -0.2) is 0 Å². The van der Waals surface area contributed by atoms with Crippen LogP contribution in [-0.2, 0) is 25.5 Å². The van der Waals surface area contributed by atoms with Gasteiger partial charge in [-0.1, -0.05) is 68.4 Å². The summed E-state index contributed by atoms with van der Waals surface area (Å²) in [4.78, 5) is 35.6. The van der Waals surface area contributed by atoms with E-state index in [9.17, 15) is 24.6 Å². The maximum absolute atomic E-state index is 12.3. The first-order chi connectivity index (χ1) is 13.4. The van der Waals surface area contributed by atoms with Crippen LogP contribution in [0.25, 0.3) is 0 Å². The fraction of sp³-hybridized carbons (Fsp3) is 0.500. The zero-order valence-electron chi connectivity index (χ0n) is 16.3. The van der Waals surface area contributed by atoms with Crippen LogP contribution in [0.15, 0.2) is 30.3 Å². The number of carboxylic acid groups (broad SMARTS) is 2. The Labute approximate surface area is 165 Å². The minimum Gasteiger partial charge on any atom is -0.480 e. The molecule has 0 saturated carbocycles. The Morgan fingerprint density at radius 3 is 2.25 bits per heavy atom. The number of rotatable bonds is 12. The molecule has 0 amide bonds. The maximum Gasteiger partial charge on any atom is 0.336 e. The molecule has 6 heteroatoms. The van der Waals surface area contributed by atoms with Crippen molar-refractivity contribution in [3.05, 3.63) is 35.9 Å². The van der Waals surface area contributed by atoms with Gasteiger partial charge in [0.1, 0.15) is 0 Å². The van der Waals surface area contributed by atoms with Crippen LogP contribution in [0.5, 0.6) is 0 Å². The van der Waals surface area contributed by atoms with Gasteiger partial charge in [-0.05, 0) is 31.2 Å². The van der Waals surface area contributed by atoms with Gasteiger partial charge >= 0.3 is 17.9 Å². The van der Waals surface area contributed by atoms with Crippen molar-refractivity contribution < 1.29 is 29.3 Å². The van der Waals surface area contributed by atoms with Crippen molar-refractivity contribution in [3.63, 3.8) is 0 Å². The van der Waals surface area contributed by atoms with Gasteiger partial charge in [-0.3, -0.25) is 14.4 Å². The lowest BCUT2D eigenvalue weighted by Gasteiger charge is -2.22. The quantitative estimate of drug-likeness (QED) is 0.245. The Hall–Kier alpha value is -2.81. The molecule has 1 rings (SSSR count). The minimum absolute atomic E-state index is 0.223. The van der Waals surface area contributed by atoms with Gasteiger partial charge in [-0.2, -0.15) is 0 Å². The van der Waals surface area contributed by atoms with Crippen LogP contribution in [0, 0.1) is 17.3 Å². The summed E-state index contributed by atoms with van der Waals surface area (Å²) < 4.78 is 4.89. The molecule has 0 aliphatic rings. The number of benzene rings is 1. The third kappa shape index (κ3) is 7.07. The number of aryl methyl sites for hydroxylation is 1. The van der Waals surface area contributed by atoms with Gasteiger partial charge in [0.15, 0.2) is 6.61 Å². The first-order valence-electron chi connectivity index (χ1n) is 9.58. The van der Waals surface area contributed by atoms with E-state index < -0.39 is 23.3 Å². The third-order valence-corrected chi connectivity index (χ3v) is 4.49. The summed E-state index contributed by atoms with van der Waals surface area (Å²) in [6.07, 6.45) is 5.29. The SMILES string of the molecule is CCCCCCC#CCOC(=O)C(CCCc1ccccc1)(C(=O)O)C(=O)O. The molecule has 0 heterocycles. The van der Waals surface area contributed by atoms with E-state index in [4.69, 9.17) is 4.74 Å². The van der Waals surface area contributed by atoms with Crippen LogP contribution in [0.2, 0.25) is 0 Å². The highest BCUT2D eigenvalue weighted by Crippen LogP contribution is 2.28. The summed E-state index contributed by atoms with van der Waals surface area (Å²) in [6.45, 7) is 1.80. The number of carboxylic acids is 2. The fourth-order valence-electron chi connectivity index (χ4n) is 2.79. The van der Waals surface area contributed by atoms with Gasteiger partial charge in [0, 0.05) is 6.42 Å². The molecule has 0 spiro atoms. The molecular weight excluding hydrogens is 360 g/mol. The summed E-state index contributed by atoms with van der Waals surface area (Å²) in [7, 11) is 0. The molecule has 0 radical (unpaired) electrons. The first kappa shape index (κ1) is 23.2. The predicted octanol–water partition coefficient (Wildman–Crippen LogP) is 3.68. The third-order valence-electron chi connectivity index (χ3n) is 4.49. The number of carbonyl (C=O) groups is 3. The lowest BCUT2D eigenvalue weighted by Crippen LogP contribution is -2.47. The Morgan fingerprint density at radius 1 is 0.964 bits per heavy atom. The summed E-state index contributed by atoms with van der Waals surface area (Å²) in [5.74, 6) is 0.787. The number of aliphatic carboxylic acids is 2. The van der Waals surface area contributed by atoms with Crippen LogP contribution in [0.4, 0.5) is 0 Å². The number of hydrogen-bond acceptors (Lipinski definition) is 4. The van der Waals surface area contributed by atoms with E-state index in [0.717, 1.165) is 31.2 Å². The zero-order valence-corrected chi connectivity index (χ0v) is 16.3. The molecule has 0 unspecified atom stereocenters. The first-order valence-corrected chi connectivity index (χ1v) is 9.58. The molecule has 0 bridgehead atoms. The van der Waals surface area contributed by atoms with Crippen LogP contribution < -0.4 is 0 Å². The van der Waals surface area contributed by atoms with Crippen molar-refractivity contribution in [2.75, 3.05) is 6.61 Å². The van der Waals surface area contributed by atoms with Crippen molar-refractivity contribution in [2.45, 2.75) is 58.3 Å². The molecule has 28 heavy (non-hydrogen) atoms. The molecule has 0 aliphatic carbocycles. The van der Waals surface area contributed by atoms with E-state index in [1.165, 1.54) is 0 Å². The molecule has 2 N–H and O–H groups in total. The van der Waals surface area contributed by atoms with Crippen molar-refractivity contribution >= 4 is 17.9 Å². The maximum atomic E-state index is 12.3. The van der Waals surface area contributed by atoms with Crippen LogP contribution in [0.1, 0.15) is 57.4 Å². The smallest absolute Gasteiger partial charge is 0.336 e. The van der Waals surface area contributed by atoms with Gasteiger partial charge in [0.05, 0.1) is 0 Å². The monoisotopic (exact) mass is 388 g/mol. The van der Waals surface area contributed by atoms with Crippen LogP contribution in [-0.4, -0.2) is 34.7 Å². The standard InChI is InChI=1S/C22H28O6/c1-2-3-4-5-6-7-11-17-28-21(27)22(19(23)24,20(25)26)16-12-15-18-13-9-8-10-14-18/h8-10,13-14H,2-6,12,15-17H2,1H3,(H,23,24)(H,25,26). The fourth-order valence-corrected chi connectivity index (χ4v) is 2.79. The summed E-state index contributed by atoms with van der Waals surface area (Å²) in [6, 6.07) is 9.25. The van der Waals surface area contributed by atoms with Gasteiger partial charge < -0.3 is 14.9 Å². The number of ether oxygens (including phenoxy) is 1. The van der Waals surface area contributed by atoms with E-state index in [1.54, 1.807) is 0 Å². The normalized spacial score (nSPS) is 10.6. The lowest BCUT2D eigenvalue weighted by atomic mass is 9.82. The average Bonchev–Trinajstić information content (AvgIpc) is 2.67. The number of unbranched alkanes of at least 4 members (excludes halogenated alkanes) is 4. The lowest BCUT2D eigenvalue weighted by molar-refractivity contribution is -0.178. The van der Waals surface area contributed by atoms with Crippen molar-refractivity contribution in [1.82, 2.24) is 0 Å². The molecule has 6 nitrogen and oxygen atoms in total. The number of esters is 1. The van der Waals surface area contributed by atoms with E-state index in [1.807, 2.05) is 30.3 Å². The van der Waals surface area contributed by atoms with Gasteiger partial charge in [-0.15, -0.1) is 0 Å². The van der Waals surface area contributed by atoms with Crippen molar-refractivity contribution in [1.29, 1.82) is 0 Å². The topological polar surface area (TPSA) is 101 Å². The minimum atomic E-state index is -2.61. The summed E-state index contributed by atoms with van der Waals surface area (Å²) in [5.41, 5.74) is -1.67. The highest BCUT2D eigenvalue weighted by atomic mass is 16.5. The highest BCUT2D eigenvalue weighted by Gasteiger charge is 2.54. The summed E-state index contributed by atoms with van der Waals surface area (Å²) in [5, 5.41) is 18.9. The Bertz CT molecular complexity index is 685. The van der Waals surface area contributed by atoms with Crippen LogP contribution >= 0.6 is 0 Å². The van der Waals surface area contributed by atoms with Gasteiger partial charge in [0.2, 0.25) is 0 Å². The largest absolute Gasteiger partial charge is 0.480 e. The Morgan fingerprint density at radius 2 is 1.64 bits per heavy atom. The van der Waals surface area contributed by atoms with Crippen LogP contribution in [0.3, 0.4) is 0 Å². The zero-order chi connectivity index (χ0) is 20.8. The van der Waals surface area contributed by atoms with Gasteiger partial charge in [0.25, 0.3) is 5.41 Å². The average molecular weight is 388 g/mol. The molecule has 152 valence electrons. The van der Waals surface area contributed by atoms with E-state index >= 15 is 0 Å². The summed E-state index contributed by atoms with van der Waals surface area (Å²) >= 11 is 0. The second-order valence-electron chi connectivity index (χ2n) is 6.60.